The van der Waals surface area contributed by atoms with Gasteiger partial charge in [-0.1, -0.05) is 42.5 Å². The summed E-state index contributed by atoms with van der Waals surface area (Å²) in [6.45, 7) is 7.28. The molecule has 1 aliphatic heterocycles. The first kappa shape index (κ1) is 24.4. The molecule has 1 aliphatic rings. The maximum atomic E-state index is 13.5. The van der Waals surface area contributed by atoms with Crippen molar-refractivity contribution < 1.29 is 9.53 Å². The lowest BCUT2D eigenvalue weighted by atomic mass is 10.1. The zero-order chi connectivity index (χ0) is 20.9. The molecule has 3 aromatic rings. The second kappa shape index (κ2) is 11.6. The van der Waals surface area contributed by atoms with Gasteiger partial charge in [0.25, 0.3) is 5.91 Å². The van der Waals surface area contributed by atoms with Crippen LogP contribution in [-0.4, -0.2) is 55.2 Å². The van der Waals surface area contributed by atoms with Crippen LogP contribution in [0.15, 0.2) is 42.5 Å². The first-order chi connectivity index (χ1) is 14.7. The number of hydrogen-bond donors (Lipinski definition) is 0. The lowest BCUT2D eigenvalue weighted by Crippen LogP contribution is -2.39. The van der Waals surface area contributed by atoms with E-state index >= 15 is 0 Å². The molecule has 0 N–H and O–H groups in total. The van der Waals surface area contributed by atoms with Crippen LogP contribution in [0.5, 0.6) is 0 Å². The van der Waals surface area contributed by atoms with Gasteiger partial charge in [0.2, 0.25) is 0 Å². The van der Waals surface area contributed by atoms with Gasteiger partial charge in [-0.3, -0.25) is 14.6 Å². The van der Waals surface area contributed by atoms with Crippen LogP contribution in [0.3, 0.4) is 0 Å². The molecule has 4 rings (SSSR count). The van der Waals surface area contributed by atoms with E-state index in [4.69, 9.17) is 9.72 Å². The average molecular weight is 572 g/mol. The maximum Gasteiger partial charge on any atom is 0.261 e. The Morgan fingerprint density at radius 1 is 1.19 bits per heavy atom. The monoisotopic (exact) mass is 571 g/mol. The molecule has 2 heterocycles. The Labute approximate surface area is 207 Å². The molecule has 0 bridgehead atoms. The minimum Gasteiger partial charge on any atom is -0.379 e. The van der Waals surface area contributed by atoms with Crippen molar-refractivity contribution >= 4 is 67.6 Å². The number of nitrogens with zero attached hydrogens (tertiary/aromatic N) is 3. The highest BCUT2D eigenvalue weighted by Crippen LogP contribution is 2.32. The number of fused-ring (bicyclic) bond motifs is 1. The van der Waals surface area contributed by atoms with Crippen LogP contribution in [-0.2, 0) is 11.2 Å². The summed E-state index contributed by atoms with van der Waals surface area (Å²) >= 11 is 3.85. The second-order valence-corrected chi connectivity index (χ2v) is 9.53. The third-order valence-electron chi connectivity index (χ3n) is 5.41. The van der Waals surface area contributed by atoms with Crippen molar-refractivity contribution in [3.05, 3.63) is 57.2 Å². The zero-order valence-corrected chi connectivity index (χ0v) is 21.3. The Kier molecular flexibility index (Phi) is 9.09. The predicted octanol–water partition coefficient (Wildman–Crippen LogP) is 5.25. The van der Waals surface area contributed by atoms with Gasteiger partial charge in [-0.2, -0.15) is 0 Å². The molecule has 0 spiro atoms. The highest BCUT2D eigenvalue weighted by molar-refractivity contribution is 14.1. The van der Waals surface area contributed by atoms with Crippen molar-refractivity contribution in [2.45, 2.75) is 19.8 Å². The quantitative estimate of drug-likeness (QED) is 0.363. The summed E-state index contributed by atoms with van der Waals surface area (Å²) in [5.41, 5.74) is 2.98. The number of amides is 1. The van der Waals surface area contributed by atoms with E-state index in [1.54, 1.807) is 11.3 Å². The normalized spacial score (nSPS) is 14.4. The summed E-state index contributed by atoms with van der Waals surface area (Å²) in [5, 5.41) is 0.789. The van der Waals surface area contributed by atoms with Crippen LogP contribution < -0.4 is 4.90 Å². The molecule has 166 valence electrons. The van der Waals surface area contributed by atoms with Crippen molar-refractivity contribution in [1.82, 2.24) is 9.88 Å². The summed E-state index contributed by atoms with van der Waals surface area (Å²) < 4.78 is 7.55. The lowest BCUT2D eigenvalue weighted by Gasteiger charge is -2.27. The first-order valence-electron chi connectivity index (χ1n) is 10.4. The molecule has 31 heavy (non-hydrogen) atoms. The molecular weight excluding hydrogens is 545 g/mol. The number of thiazole rings is 1. The Morgan fingerprint density at radius 2 is 1.97 bits per heavy atom. The largest absolute Gasteiger partial charge is 0.379 e. The van der Waals surface area contributed by atoms with Gasteiger partial charge in [0.1, 0.15) is 0 Å². The van der Waals surface area contributed by atoms with Gasteiger partial charge in [-0.15, -0.1) is 12.4 Å². The van der Waals surface area contributed by atoms with E-state index in [-0.39, 0.29) is 18.3 Å². The fourth-order valence-corrected chi connectivity index (χ4v) is 5.39. The molecule has 1 aromatic heterocycles. The van der Waals surface area contributed by atoms with Gasteiger partial charge in [-0.25, -0.2) is 4.98 Å². The number of carbonyl (C=O) groups is 1. The third-order valence-corrected chi connectivity index (χ3v) is 7.40. The van der Waals surface area contributed by atoms with E-state index in [2.05, 4.69) is 52.6 Å². The van der Waals surface area contributed by atoms with E-state index in [9.17, 15) is 4.79 Å². The smallest absolute Gasteiger partial charge is 0.261 e. The van der Waals surface area contributed by atoms with E-state index in [1.165, 1.54) is 5.56 Å². The number of carbonyl (C=O) groups excluding carboxylic acids is 1. The van der Waals surface area contributed by atoms with Crippen molar-refractivity contribution in [3.8, 4) is 0 Å². The average Bonchev–Trinajstić information content (AvgIpc) is 3.21. The van der Waals surface area contributed by atoms with Crippen LogP contribution in [0.1, 0.15) is 29.3 Å². The number of aryl methyl sites for hydroxylation is 1. The molecule has 1 saturated heterocycles. The Hall–Kier alpha value is -1.26. The molecule has 0 atom stereocenters. The second-order valence-electron chi connectivity index (χ2n) is 7.36. The van der Waals surface area contributed by atoms with Crippen LogP contribution in [0.2, 0.25) is 0 Å². The number of morpholine rings is 1. The van der Waals surface area contributed by atoms with E-state index < -0.39 is 0 Å². The van der Waals surface area contributed by atoms with Gasteiger partial charge in [0, 0.05) is 29.7 Å². The summed E-state index contributed by atoms with van der Waals surface area (Å²) in [4.78, 5) is 22.7. The summed E-state index contributed by atoms with van der Waals surface area (Å²) in [6, 6.07) is 14.1. The number of halogens is 2. The number of rotatable bonds is 7. The van der Waals surface area contributed by atoms with Crippen molar-refractivity contribution in [3.63, 3.8) is 0 Å². The zero-order valence-electron chi connectivity index (χ0n) is 17.6. The van der Waals surface area contributed by atoms with Crippen LogP contribution in [0.4, 0.5) is 5.13 Å². The molecule has 0 aliphatic carbocycles. The number of benzene rings is 2. The summed E-state index contributed by atoms with van der Waals surface area (Å²) in [7, 11) is 0. The Morgan fingerprint density at radius 3 is 2.71 bits per heavy atom. The van der Waals surface area contributed by atoms with Gasteiger partial charge >= 0.3 is 0 Å². The molecule has 5 nitrogen and oxygen atoms in total. The topological polar surface area (TPSA) is 45.7 Å². The molecule has 8 heteroatoms. The van der Waals surface area contributed by atoms with Crippen LogP contribution in [0, 0.1) is 3.57 Å². The van der Waals surface area contributed by atoms with Crippen LogP contribution in [0.25, 0.3) is 10.2 Å². The predicted molar refractivity (Wildman–Crippen MR) is 139 cm³/mol. The Balaban J connectivity index is 0.00000272. The van der Waals surface area contributed by atoms with Crippen molar-refractivity contribution in [2.75, 3.05) is 44.3 Å². The van der Waals surface area contributed by atoms with Crippen molar-refractivity contribution in [2.24, 2.45) is 0 Å². The summed E-state index contributed by atoms with van der Waals surface area (Å²) in [6.07, 6.45) is 1.84. The highest BCUT2D eigenvalue weighted by Gasteiger charge is 2.23. The van der Waals surface area contributed by atoms with E-state index in [1.807, 2.05) is 29.2 Å². The molecule has 1 fully saturated rings. The fourth-order valence-electron chi connectivity index (χ4n) is 3.74. The lowest BCUT2D eigenvalue weighted by molar-refractivity contribution is 0.0376. The van der Waals surface area contributed by atoms with Gasteiger partial charge in [-0.05, 0) is 59.2 Å². The van der Waals surface area contributed by atoms with E-state index in [0.29, 0.717) is 6.54 Å². The highest BCUT2D eigenvalue weighted by atomic mass is 127. The molecule has 2 aromatic carbocycles. The number of aromatic nitrogens is 1. The number of ether oxygens (including phenoxy) is 1. The van der Waals surface area contributed by atoms with E-state index in [0.717, 1.165) is 70.2 Å². The summed E-state index contributed by atoms with van der Waals surface area (Å²) in [5.74, 6) is 0.0269. The van der Waals surface area contributed by atoms with Crippen LogP contribution >= 0.6 is 46.3 Å². The minimum absolute atomic E-state index is 0. The Bertz CT molecular complexity index is 1020. The third kappa shape index (κ3) is 5.76. The maximum absolute atomic E-state index is 13.5. The minimum atomic E-state index is 0. The van der Waals surface area contributed by atoms with Gasteiger partial charge in [0.05, 0.1) is 29.0 Å². The number of anilines is 1. The SMILES string of the molecule is CCc1cccc2sc(N(CCCN3CCOCC3)C(=O)c3ccccc3I)nc12.Cl. The standard InChI is InChI=1S/C23H26IN3O2S.ClH/c1-2-17-7-5-10-20-21(17)25-23(30-20)27(12-6-11-26-13-15-29-16-14-26)22(28)18-8-3-4-9-19(18)24;/h3-5,7-10H,2,6,11-16H2,1H3;1H. The van der Waals surface area contributed by atoms with Gasteiger partial charge in [0.15, 0.2) is 5.13 Å². The number of para-hydroxylation sites is 1. The molecule has 0 radical (unpaired) electrons. The molecule has 0 unspecified atom stereocenters. The molecule has 1 amide bonds. The number of hydrogen-bond acceptors (Lipinski definition) is 5. The molecular formula is C23H27ClIN3O2S. The first-order valence-corrected chi connectivity index (χ1v) is 12.3. The van der Waals surface area contributed by atoms with Crippen molar-refractivity contribution in [1.29, 1.82) is 0 Å². The van der Waals surface area contributed by atoms with Gasteiger partial charge < -0.3 is 4.74 Å². The fraction of sp³-hybridized carbons (Fsp3) is 0.391. The molecule has 0 saturated carbocycles.